The Hall–Kier alpha value is -3.02. The fourth-order valence-electron chi connectivity index (χ4n) is 2.77. The predicted octanol–water partition coefficient (Wildman–Crippen LogP) is 3.01. The molecule has 0 bridgehead atoms. The van der Waals surface area contributed by atoms with Crippen LogP contribution in [-0.4, -0.2) is 24.7 Å². The van der Waals surface area contributed by atoms with Crippen molar-refractivity contribution < 1.29 is 0 Å². The van der Waals surface area contributed by atoms with Gasteiger partial charge in [-0.25, -0.2) is 0 Å². The molecule has 0 aliphatic carbocycles. The van der Waals surface area contributed by atoms with Crippen molar-refractivity contribution in [1.29, 1.82) is 0 Å². The Balaban J connectivity index is 1.74. The Morgan fingerprint density at radius 1 is 1.04 bits per heavy atom. The number of para-hydroxylation sites is 1. The van der Waals surface area contributed by atoms with Gasteiger partial charge in [-0.05, 0) is 25.1 Å². The van der Waals surface area contributed by atoms with Gasteiger partial charge in [-0.3, -0.25) is 4.98 Å². The lowest BCUT2D eigenvalue weighted by atomic mass is 10.2. The average Bonchev–Trinajstić information content (AvgIpc) is 2.94. The SMILES string of the molecule is CCn1c2ccccc2c2nnc(NCc3ccccn3)nc21. The third kappa shape index (κ3) is 2.38. The van der Waals surface area contributed by atoms with Gasteiger partial charge in [0.25, 0.3) is 0 Å². The molecular weight excluding hydrogens is 288 g/mol. The van der Waals surface area contributed by atoms with Crippen LogP contribution in [0.15, 0.2) is 48.7 Å². The van der Waals surface area contributed by atoms with Crippen LogP contribution < -0.4 is 5.32 Å². The Bertz CT molecular complexity index is 961. The van der Waals surface area contributed by atoms with Crippen LogP contribution in [-0.2, 0) is 13.1 Å². The molecule has 0 saturated heterocycles. The minimum Gasteiger partial charge on any atom is -0.347 e. The maximum atomic E-state index is 4.65. The van der Waals surface area contributed by atoms with Crippen LogP contribution in [0.25, 0.3) is 22.1 Å². The molecule has 0 spiro atoms. The van der Waals surface area contributed by atoms with Crippen LogP contribution in [0.1, 0.15) is 12.6 Å². The van der Waals surface area contributed by atoms with E-state index in [0.29, 0.717) is 12.5 Å². The molecule has 0 amide bonds. The smallest absolute Gasteiger partial charge is 0.245 e. The Morgan fingerprint density at radius 2 is 1.91 bits per heavy atom. The second kappa shape index (κ2) is 5.64. The van der Waals surface area contributed by atoms with Crippen LogP contribution in [0.5, 0.6) is 0 Å². The van der Waals surface area contributed by atoms with Crippen molar-refractivity contribution in [2.45, 2.75) is 20.0 Å². The molecule has 0 aliphatic heterocycles. The molecule has 1 aromatic carbocycles. The van der Waals surface area contributed by atoms with Crippen LogP contribution in [0.3, 0.4) is 0 Å². The summed E-state index contributed by atoms with van der Waals surface area (Å²) in [6.07, 6.45) is 1.77. The van der Waals surface area contributed by atoms with Gasteiger partial charge in [0.1, 0.15) is 5.52 Å². The molecular formula is C17H16N6. The quantitative estimate of drug-likeness (QED) is 0.627. The summed E-state index contributed by atoms with van der Waals surface area (Å²) >= 11 is 0. The number of benzene rings is 1. The van der Waals surface area contributed by atoms with E-state index in [-0.39, 0.29) is 0 Å². The van der Waals surface area contributed by atoms with Gasteiger partial charge in [0.15, 0.2) is 5.65 Å². The first kappa shape index (κ1) is 13.6. The van der Waals surface area contributed by atoms with E-state index < -0.39 is 0 Å². The lowest BCUT2D eigenvalue weighted by molar-refractivity contribution is 0.810. The molecule has 6 nitrogen and oxygen atoms in total. The first-order valence-corrected chi connectivity index (χ1v) is 7.62. The molecule has 1 N–H and O–H groups in total. The summed E-state index contributed by atoms with van der Waals surface area (Å²) in [6.45, 7) is 3.51. The summed E-state index contributed by atoms with van der Waals surface area (Å²) in [7, 11) is 0. The van der Waals surface area contributed by atoms with Crippen LogP contribution in [0, 0.1) is 0 Å². The standard InChI is InChI=1S/C17H16N6/c1-2-23-14-9-4-3-8-13(14)15-16(23)20-17(22-21-15)19-11-12-7-5-6-10-18-12/h3-10H,2,11H2,1H3,(H,19,20,22). The highest BCUT2D eigenvalue weighted by Crippen LogP contribution is 2.26. The number of anilines is 1. The third-order valence-electron chi connectivity index (χ3n) is 3.84. The zero-order chi connectivity index (χ0) is 15.6. The normalized spacial score (nSPS) is 11.2. The number of hydrogen-bond acceptors (Lipinski definition) is 5. The molecule has 0 unspecified atom stereocenters. The van der Waals surface area contributed by atoms with Crippen LogP contribution in [0.4, 0.5) is 5.95 Å². The Labute approximate surface area is 133 Å². The maximum Gasteiger partial charge on any atom is 0.245 e. The summed E-state index contributed by atoms with van der Waals surface area (Å²) in [5, 5.41) is 12.9. The van der Waals surface area contributed by atoms with Crippen molar-refractivity contribution in [2.24, 2.45) is 0 Å². The summed E-state index contributed by atoms with van der Waals surface area (Å²) in [5.41, 5.74) is 3.76. The number of nitrogens with one attached hydrogen (secondary N) is 1. The summed E-state index contributed by atoms with van der Waals surface area (Å²) in [4.78, 5) is 8.93. The molecule has 3 heterocycles. The molecule has 0 fully saturated rings. The van der Waals surface area contributed by atoms with Crippen LogP contribution >= 0.6 is 0 Å². The van der Waals surface area contributed by atoms with Gasteiger partial charge in [0, 0.05) is 18.1 Å². The van der Waals surface area contributed by atoms with Crippen molar-refractivity contribution >= 4 is 28.0 Å². The van der Waals surface area contributed by atoms with Crippen molar-refractivity contribution in [2.75, 3.05) is 5.32 Å². The monoisotopic (exact) mass is 304 g/mol. The van der Waals surface area contributed by atoms with E-state index in [1.54, 1.807) is 6.20 Å². The fourth-order valence-corrected chi connectivity index (χ4v) is 2.77. The van der Waals surface area contributed by atoms with Gasteiger partial charge in [-0.2, -0.15) is 4.98 Å². The fraction of sp³-hybridized carbons (Fsp3) is 0.176. The summed E-state index contributed by atoms with van der Waals surface area (Å²) in [5.74, 6) is 0.514. The van der Waals surface area contributed by atoms with E-state index in [2.05, 4.69) is 49.1 Å². The van der Waals surface area contributed by atoms with Crippen molar-refractivity contribution in [3.63, 3.8) is 0 Å². The number of nitrogens with zero attached hydrogens (tertiary/aromatic N) is 5. The second-order valence-electron chi connectivity index (χ2n) is 5.24. The Morgan fingerprint density at radius 3 is 2.74 bits per heavy atom. The van der Waals surface area contributed by atoms with E-state index >= 15 is 0 Å². The topological polar surface area (TPSA) is 68.5 Å². The minimum absolute atomic E-state index is 0.514. The van der Waals surface area contributed by atoms with E-state index in [1.165, 1.54) is 0 Å². The number of rotatable bonds is 4. The molecule has 3 aromatic heterocycles. The van der Waals surface area contributed by atoms with Gasteiger partial charge >= 0.3 is 0 Å². The Kier molecular flexibility index (Phi) is 3.34. The first-order chi connectivity index (χ1) is 11.4. The molecule has 4 aromatic rings. The van der Waals surface area contributed by atoms with E-state index in [0.717, 1.165) is 34.3 Å². The average molecular weight is 304 g/mol. The maximum absolute atomic E-state index is 4.65. The van der Waals surface area contributed by atoms with Gasteiger partial charge in [0.05, 0.1) is 17.8 Å². The number of aryl methyl sites for hydroxylation is 1. The highest BCUT2D eigenvalue weighted by Gasteiger charge is 2.13. The highest BCUT2D eigenvalue weighted by atomic mass is 15.3. The number of fused-ring (bicyclic) bond motifs is 3. The van der Waals surface area contributed by atoms with Crippen molar-refractivity contribution in [3.05, 3.63) is 54.4 Å². The van der Waals surface area contributed by atoms with E-state index in [9.17, 15) is 0 Å². The summed E-state index contributed by atoms with van der Waals surface area (Å²) in [6, 6.07) is 14.0. The number of pyridine rings is 1. The highest BCUT2D eigenvalue weighted by molar-refractivity contribution is 6.04. The van der Waals surface area contributed by atoms with Gasteiger partial charge in [-0.1, -0.05) is 24.3 Å². The molecule has 0 radical (unpaired) electrons. The van der Waals surface area contributed by atoms with Crippen molar-refractivity contribution in [1.82, 2.24) is 24.7 Å². The molecule has 6 heteroatoms. The zero-order valence-electron chi connectivity index (χ0n) is 12.8. The molecule has 114 valence electrons. The van der Waals surface area contributed by atoms with Crippen molar-refractivity contribution in [3.8, 4) is 0 Å². The minimum atomic E-state index is 0.514. The molecule has 0 aliphatic rings. The van der Waals surface area contributed by atoms with Gasteiger partial charge in [0.2, 0.25) is 5.95 Å². The largest absolute Gasteiger partial charge is 0.347 e. The molecule has 23 heavy (non-hydrogen) atoms. The second-order valence-corrected chi connectivity index (χ2v) is 5.24. The predicted molar refractivity (Wildman–Crippen MR) is 90.1 cm³/mol. The molecule has 0 atom stereocenters. The summed E-state index contributed by atoms with van der Waals surface area (Å²) < 4.78 is 2.16. The van der Waals surface area contributed by atoms with E-state index in [4.69, 9.17) is 0 Å². The lowest BCUT2D eigenvalue weighted by Crippen LogP contribution is -2.07. The lowest BCUT2D eigenvalue weighted by Gasteiger charge is -2.05. The number of aromatic nitrogens is 5. The third-order valence-corrected chi connectivity index (χ3v) is 3.84. The molecule has 0 saturated carbocycles. The molecule has 4 rings (SSSR count). The zero-order valence-corrected chi connectivity index (χ0v) is 12.8. The van der Waals surface area contributed by atoms with Gasteiger partial charge < -0.3 is 9.88 Å². The number of hydrogen-bond donors (Lipinski definition) is 1. The first-order valence-electron chi connectivity index (χ1n) is 7.62. The van der Waals surface area contributed by atoms with E-state index in [1.807, 2.05) is 30.3 Å². The van der Waals surface area contributed by atoms with Crippen LogP contribution in [0.2, 0.25) is 0 Å². The van der Waals surface area contributed by atoms with Gasteiger partial charge in [-0.15, -0.1) is 10.2 Å².